The Labute approximate surface area is 144 Å². The zero-order chi connectivity index (χ0) is 16.4. The highest BCUT2D eigenvalue weighted by Crippen LogP contribution is 2.19. The summed E-state index contributed by atoms with van der Waals surface area (Å²) in [4.78, 5) is 8.85. The largest absolute Gasteiger partial charge is 0.353 e. The molecular formula is C16H16ClN7. The molecule has 0 N–H and O–H groups in total. The van der Waals surface area contributed by atoms with Gasteiger partial charge < -0.3 is 9.80 Å². The number of halogens is 1. The van der Waals surface area contributed by atoms with Gasteiger partial charge in [-0.15, -0.1) is 10.2 Å². The monoisotopic (exact) mass is 341 g/mol. The van der Waals surface area contributed by atoms with Crippen molar-refractivity contribution in [2.24, 2.45) is 0 Å². The van der Waals surface area contributed by atoms with Crippen molar-refractivity contribution in [3.05, 3.63) is 53.9 Å². The molecule has 7 nitrogen and oxygen atoms in total. The van der Waals surface area contributed by atoms with E-state index in [4.69, 9.17) is 11.6 Å². The Hall–Kier alpha value is -2.67. The number of aromatic nitrogens is 5. The van der Waals surface area contributed by atoms with Crippen molar-refractivity contribution in [3.63, 3.8) is 0 Å². The van der Waals surface area contributed by atoms with Crippen LogP contribution in [0.2, 0.25) is 5.02 Å². The van der Waals surface area contributed by atoms with E-state index in [0.29, 0.717) is 10.8 Å². The summed E-state index contributed by atoms with van der Waals surface area (Å²) in [5.74, 6) is 2.56. The highest BCUT2D eigenvalue weighted by Gasteiger charge is 2.19. The van der Waals surface area contributed by atoms with E-state index in [0.717, 1.165) is 37.8 Å². The van der Waals surface area contributed by atoms with Gasteiger partial charge in [0.2, 0.25) is 0 Å². The van der Waals surface area contributed by atoms with E-state index in [9.17, 15) is 0 Å². The maximum absolute atomic E-state index is 5.89. The fraction of sp³-hybridized carbons (Fsp3) is 0.250. The van der Waals surface area contributed by atoms with Gasteiger partial charge in [-0.2, -0.15) is 5.10 Å². The summed E-state index contributed by atoms with van der Waals surface area (Å²) >= 11 is 5.89. The van der Waals surface area contributed by atoms with Gasteiger partial charge in [0, 0.05) is 44.8 Å². The van der Waals surface area contributed by atoms with E-state index in [1.165, 1.54) is 0 Å². The van der Waals surface area contributed by atoms with E-state index in [1.54, 1.807) is 17.1 Å². The minimum Gasteiger partial charge on any atom is -0.353 e. The molecular weight excluding hydrogens is 326 g/mol. The van der Waals surface area contributed by atoms with Gasteiger partial charge in [-0.05, 0) is 30.3 Å². The first-order valence-electron chi connectivity index (χ1n) is 7.75. The number of piperazine rings is 1. The molecule has 0 spiro atoms. The second-order valence-corrected chi connectivity index (χ2v) is 5.95. The topological polar surface area (TPSA) is 63.0 Å². The Morgan fingerprint density at radius 1 is 0.833 bits per heavy atom. The van der Waals surface area contributed by atoms with E-state index < -0.39 is 0 Å². The molecule has 8 heteroatoms. The van der Waals surface area contributed by atoms with E-state index >= 15 is 0 Å². The third-order valence-electron chi connectivity index (χ3n) is 4.01. The normalized spacial score (nSPS) is 14.9. The van der Waals surface area contributed by atoms with E-state index in [1.807, 2.05) is 36.5 Å². The Morgan fingerprint density at radius 2 is 1.50 bits per heavy atom. The molecule has 122 valence electrons. The Balaban J connectivity index is 1.41. The quantitative estimate of drug-likeness (QED) is 0.726. The van der Waals surface area contributed by atoms with Crippen LogP contribution in [-0.2, 0) is 0 Å². The first-order valence-corrected chi connectivity index (χ1v) is 8.12. The smallest absolute Gasteiger partial charge is 0.175 e. The third kappa shape index (κ3) is 3.03. The SMILES string of the molecule is Clc1ccc(N2CCN(c3ccc(-n4cccn4)nn3)CC2)nc1. The molecule has 1 aliphatic heterocycles. The summed E-state index contributed by atoms with van der Waals surface area (Å²) in [6, 6.07) is 9.61. The fourth-order valence-electron chi connectivity index (χ4n) is 2.73. The minimum atomic E-state index is 0.657. The maximum Gasteiger partial charge on any atom is 0.175 e. The second-order valence-electron chi connectivity index (χ2n) is 5.51. The van der Waals surface area contributed by atoms with Crippen LogP contribution in [0.5, 0.6) is 0 Å². The molecule has 0 aliphatic carbocycles. The van der Waals surface area contributed by atoms with Crippen molar-refractivity contribution >= 4 is 23.2 Å². The molecule has 3 aromatic rings. The zero-order valence-corrected chi connectivity index (χ0v) is 13.7. The number of hydrogen-bond acceptors (Lipinski definition) is 6. The zero-order valence-electron chi connectivity index (χ0n) is 13.0. The van der Waals surface area contributed by atoms with Crippen LogP contribution >= 0.6 is 11.6 Å². The van der Waals surface area contributed by atoms with Crippen LogP contribution < -0.4 is 9.80 Å². The van der Waals surface area contributed by atoms with Crippen LogP contribution in [-0.4, -0.2) is 51.1 Å². The molecule has 0 amide bonds. The molecule has 4 heterocycles. The van der Waals surface area contributed by atoms with Crippen LogP contribution in [0.1, 0.15) is 0 Å². The van der Waals surface area contributed by atoms with Gasteiger partial charge in [-0.1, -0.05) is 11.6 Å². The van der Waals surface area contributed by atoms with Gasteiger partial charge in [0.05, 0.1) is 5.02 Å². The molecule has 1 aliphatic rings. The van der Waals surface area contributed by atoms with Crippen LogP contribution in [0, 0.1) is 0 Å². The number of rotatable bonds is 3. The molecule has 3 aromatic heterocycles. The van der Waals surface area contributed by atoms with Crippen molar-refractivity contribution in [2.45, 2.75) is 0 Å². The lowest BCUT2D eigenvalue weighted by molar-refractivity contribution is 0.637. The van der Waals surface area contributed by atoms with Crippen molar-refractivity contribution in [1.29, 1.82) is 0 Å². The molecule has 0 radical (unpaired) electrons. The van der Waals surface area contributed by atoms with E-state index in [2.05, 4.69) is 30.1 Å². The average molecular weight is 342 g/mol. The van der Waals surface area contributed by atoms with Crippen molar-refractivity contribution in [1.82, 2.24) is 25.0 Å². The molecule has 0 unspecified atom stereocenters. The first-order chi connectivity index (χ1) is 11.8. The summed E-state index contributed by atoms with van der Waals surface area (Å²) in [7, 11) is 0. The third-order valence-corrected chi connectivity index (χ3v) is 4.24. The van der Waals surface area contributed by atoms with Gasteiger partial charge in [-0.3, -0.25) is 0 Å². The van der Waals surface area contributed by atoms with Crippen molar-refractivity contribution in [2.75, 3.05) is 36.0 Å². The summed E-state index contributed by atoms with van der Waals surface area (Å²) in [6.45, 7) is 3.52. The molecule has 0 bridgehead atoms. The van der Waals surface area contributed by atoms with Crippen molar-refractivity contribution < 1.29 is 0 Å². The summed E-state index contributed by atoms with van der Waals surface area (Å²) < 4.78 is 1.70. The van der Waals surface area contributed by atoms with Gasteiger partial charge in [0.25, 0.3) is 0 Å². The van der Waals surface area contributed by atoms with Crippen LogP contribution in [0.25, 0.3) is 5.82 Å². The molecule has 0 saturated carbocycles. The predicted octanol–water partition coefficient (Wildman–Crippen LogP) is 2.04. The number of anilines is 2. The Kier molecular flexibility index (Phi) is 4.00. The van der Waals surface area contributed by atoms with Crippen LogP contribution in [0.15, 0.2) is 48.9 Å². The van der Waals surface area contributed by atoms with Gasteiger partial charge >= 0.3 is 0 Å². The summed E-state index contributed by atoms with van der Waals surface area (Å²) in [5.41, 5.74) is 0. The lowest BCUT2D eigenvalue weighted by atomic mass is 10.3. The fourth-order valence-corrected chi connectivity index (χ4v) is 2.84. The Morgan fingerprint density at radius 3 is 2.08 bits per heavy atom. The molecule has 1 fully saturated rings. The average Bonchev–Trinajstić information content (AvgIpc) is 3.17. The molecule has 0 aromatic carbocycles. The van der Waals surface area contributed by atoms with Gasteiger partial charge in [0.15, 0.2) is 11.6 Å². The number of nitrogens with zero attached hydrogens (tertiary/aromatic N) is 7. The Bertz CT molecular complexity index is 778. The number of hydrogen-bond donors (Lipinski definition) is 0. The van der Waals surface area contributed by atoms with Crippen LogP contribution in [0.3, 0.4) is 0 Å². The second kappa shape index (κ2) is 6.45. The summed E-state index contributed by atoms with van der Waals surface area (Å²) in [6.07, 6.45) is 5.25. The first kappa shape index (κ1) is 14.9. The lowest BCUT2D eigenvalue weighted by Crippen LogP contribution is -2.47. The van der Waals surface area contributed by atoms with Gasteiger partial charge in [0.1, 0.15) is 5.82 Å². The standard InChI is InChI=1S/C16H16ClN7/c17-13-2-3-14(18-12-13)22-8-10-23(11-9-22)15-4-5-16(21-20-15)24-7-1-6-19-24/h1-7,12H,8-11H2. The molecule has 0 atom stereocenters. The van der Waals surface area contributed by atoms with Crippen LogP contribution in [0.4, 0.5) is 11.6 Å². The lowest BCUT2D eigenvalue weighted by Gasteiger charge is -2.35. The summed E-state index contributed by atoms with van der Waals surface area (Å²) in [5, 5.41) is 13.4. The molecule has 1 saturated heterocycles. The van der Waals surface area contributed by atoms with Gasteiger partial charge in [-0.25, -0.2) is 9.67 Å². The minimum absolute atomic E-state index is 0.657. The number of pyridine rings is 1. The predicted molar refractivity (Wildman–Crippen MR) is 92.8 cm³/mol. The molecule has 4 rings (SSSR count). The van der Waals surface area contributed by atoms with E-state index in [-0.39, 0.29) is 0 Å². The maximum atomic E-state index is 5.89. The molecule has 24 heavy (non-hydrogen) atoms. The highest BCUT2D eigenvalue weighted by atomic mass is 35.5. The van der Waals surface area contributed by atoms with Crippen molar-refractivity contribution in [3.8, 4) is 5.82 Å². The highest BCUT2D eigenvalue weighted by molar-refractivity contribution is 6.30.